The summed E-state index contributed by atoms with van der Waals surface area (Å²) in [5.41, 5.74) is 0. The first-order valence-corrected chi connectivity index (χ1v) is 15.7. The molecule has 4 heteroatoms. The second-order valence-electron chi connectivity index (χ2n) is 10.9. The lowest BCUT2D eigenvalue weighted by molar-refractivity contribution is -0.146. The van der Waals surface area contributed by atoms with E-state index in [1.54, 1.807) is 0 Å². The van der Waals surface area contributed by atoms with Crippen LogP contribution in [0.1, 0.15) is 174 Å². The highest BCUT2D eigenvalue weighted by Crippen LogP contribution is 2.16. The molecule has 1 atom stereocenters. The van der Waals surface area contributed by atoms with E-state index in [-0.39, 0.29) is 6.42 Å². The minimum atomic E-state index is -1.07. The van der Waals surface area contributed by atoms with Gasteiger partial charge in [0, 0.05) is 0 Å². The molecule has 0 radical (unpaired) electrons. The number of hydrogen-bond donors (Lipinski definition) is 2. The Labute approximate surface area is 223 Å². The van der Waals surface area contributed by atoms with E-state index in [4.69, 9.17) is 10.2 Å². The number of aliphatic carboxylic acids is 2. The van der Waals surface area contributed by atoms with Gasteiger partial charge in [-0.1, -0.05) is 167 Å². The minimum Gasteiger partial charge on any atom is -0.481 e. The second-order valence-corrected chi connectivity index (χ2v) is 10.9. The van der Waals surface area contributed by atoms with Crippen LogP contribution in [0.25, 0.3) is 0 Å². The molecule has 0 saturated heterocycles. The first-order chi connectivity index (χ1) is 17.6. The van der Waals surface area contributed by atoms with Crippen molar-refractivity contribution in [3.05, 3.63) is 12.2 Å². The maximum absolute atomic E-state index is 11.0. The van der Waals surface area contributed by atoms with Gasteiger partial charge in [-0.2, -0.15) is 0 Å². The van der Waals surface area contributed by atoms with E-state index < -0.39 is 17.9 Å². The minimum absolute atomic E-state index is 0.342. The molecule has 36 heavy (non-hydrogen) atoms. The SMILES string of the molecule is CCCCCCCCCCCCCCCCCCCCCCCCCC/C=C/C(CC(=O)O)C(=O)O. The number of carboxylic acid groups (broad SMARTS) is 2. The molecular weight excluding hydrogens is 448 g/mol. The van der Waals surface area contributed by atoms with E-state index in [9.17, 15) is 9.59 Å². The van der Waals surface area contributed by atoms with Crippen molar-refractivity contribution < 1.29 is 19.8 Å². The van der Waals surface area contributed by atoms with Crippen molar-refractivity contribution in [2.75, 3.05) is 0 Å². The molecule has 0 rings (SSSR count). The van der Waals surface area contributed by atoms with Crippen LogP contribution in [-0.4, -0.2) is 22.2 Å². The van der Waals surface area contributed by atoms with Gasteiger partial charge in [0.15, 0.2) is 0 Å². The van der Waals surface area contributed by atoms with Crippen molar-refractivity contribution in [3.8, 4) is 0 Å². The van der Waals surface area contributed by atoms with Gasteiger partial charge < -0.3 is 10.2 Å². The van der Waals surface area contributed by atoms with Crippen molar-refractivity contribution in [1.82, 2.24) is 0 Å². The summed E-state index contributed by atoms with van der Waals surface area (Å²) >= 11 is 0. The Balaban J connectivity index is 3.22. The van der Waals surface area contributed by atoms with Crippen LogP contribution in [0.15, 0.2) is 12.2 Å². The molecule has 0 aliphatic heterocycles. The van der Waals surface area contributed by atoms with Crippen LogP contribution in [0, 0.1) is 5.92 Å². The van der Waals surface area contributed by atoms with E-state index in [1.165, 1.54) is 154 Å². The van der Waals surface area contributed by atoms with Gasteiger partial charge in [0.1, 0.15) is 0 Å². The predicted molar refractivity (Wildman–Crippen MR) is 154 cm³/mol. The zero-order valence-electron chi connectivity index (χ0n) is 23.8. The third-order valence-electron chi connectivity index (χ3n) is 7.30. The van der Waals surface area contributed by atoms with Crippen LogP contribution in [0.2, 0.25) is 0 Å². The van der Waals surface area contributed by atoms with Crippen LogP contribution in [0.3, 0.4) is 0 Å². The third kappa shape index (κ3) is 27.3. The number of allylic oxidation sites excluding steroid dienone is 1. The normalized spacial score (nSPS) is 12.4. The summed E-state index contributed by atoms with van der Waals surface area (Å²) in [5.74, 6) is -3.04. The lowest BCUT2D eigenvalue weighted by Gasteiger charge is -2.04. The van der Waals surface area contributed by atoms with Crippen molar-refractivity contribution in [1.29, 1.82) is 0 Å². The van der Waals surface area contributed by atoms with Gasteiger partial charge in [-0.3, -0.25) is 9.59 Å². The molecule has 1 unspecified atom stereocenters. The Hall–Kier alpha value is -1.32. The van der Waals surface area contributed by atoms with Gasteiger partial charge in [-0.15, -0.1) is 0 Å². The van der Waals surface area contributed by atoms with Gasteiger partial charge >= 0.3 is 11.9 Å². The van der Waals surface area contributed by atoms with E-state index in [2.05, 4.69) is 6.92 Å². The van der Waals surface area contributed by atoms with Gasteiger partial charge in [-0.25, -0.2) is 0 Å². The third-order valence-corrected chi connectivity index (χ3v) is 7.30. The van der Waals surface area contributed by atoms with Gasteiger partial charge in [-0.05, 0) is 12.8 Å². The molecule has 0 aliphatic rings. The summed E-state index contributed by atoms with van der Waals surface area (Å²) in [6.07, 6.45) is 37.0. The molecule has 0 aromatic rings. The molecule has 4 nitrogen and oxygen atoms in total. The molecule has 0 fully saturated rings. The molecule has 0 aromatic heterocycles. The summed E-state index contributed by atoms with van der Waals surface area (Å²) in [6.45, 7) is 2.29. The fourth-order valence-corrected chi connectivity index (χ4v) is 4.91. The maximum atomic E-state index is 11.0. The van der Waals surface area contributed by atoms with Crippen LogP contribution < -0.4 is 0 Å². The highest BCUT2D eigenvalue weighted by atomic mass is 16.4. The molecule has 0 aromatic carbocycles. The summed E-state index contributed by atoms with van der Waals surface area (Å²) in [4.78, 5) is 21.7. The first kappa shape index (κ1) is 34.7. The van der Waals surface area contributed by atoms with Gasteiger partial charge in [0.2, 0.25) is 0 Å². The molecule has 0 saturated carbocycles. The van der Waals surface area contributed by atoms with Crippen molar-refractivity contribution >= 4 is 11.9 Å². The molecule has 212 valence electrons. The van der Waals surface area contributed by atoms with Crippen molar-refractivity contribution in [2.45, 2.75) is 174 Å². The average Bonchev–Trinajstić information content (AvgIpc) is 2.85. The first-order valence-electron chi connectivity index (χ1n) is 15.7. The topological polar surface area (TPSA) is 74.6 Å². The lowest BCUT2D eigenvalue weighted by atomic mass is 10.0. The summed E-state index contributed by atoms with van der Waals surface area (Å²) in [6, 6.07) is 0. The summed E-state index contributed by atoms with van der Waals surface area (Å²) < 4.78 is 0. The van der Waals surface area contributed by atoms with Crippen LogP contribution in [0.4, 0.5) is 0 Å². The number of carboxylic acids is 2. The Bertz CT molecular complexity index is 514. The molecule has 0 bridgehead atoms. The largest absolute Gasteiger partial charge is 0.481 e. The second kappa shape index (κ2) is 28.3. The van der Waals surface area contributed by atoms with E-state index >= 15 is 0 Å². The Morgan fingerprint density at radius 1 is 0.528 bits per heavy atom. The zero-order chi connectivity index (χ0) is 26.5. The van der Waals surface area contributed by atoms with Crippen molar-refractivity contribution in [3.63, 3.8) is 0 Å². The van der Waals surface area contributed by atoms with E-state index in [1.807, 2.05) is 6.08 Å². The lowest BCUT2D eigenvalue weighted by Crippen LogP contribution is -2.15. The van der Waals surface area contributed by atoms with Crippen molar-refractivity contribution in [2.24, 2.45) is 5.92 Å². The maximum Gasteiger partial charge on any atom is 0.310 e. The Kier molecular flexibility index (Phi) is 27.2. The molecule has 0 spiro atoms. The monoisotopic (exact) mass is 508 g/mol. The molecule has 0 heterocycles. The quantitative estimate of drug-likeness (QED) is 0.0778. The number of unbranched alkanes of at least 4 members (excludes halogenated alkanes) is 24. The predicted octanol–water partition coefficient (Wildman–Crippen LogP) is 10.5. The molecule has 0 aliphatic carbocycles. The number of hydrogen-bond acceptors (Lipinski definition) is 2. The molecule has 2 N–H and O–H groups in total. The van der Waals surface area contributed by atoms with Crippen LogP contribution in [0.5, 0.6) is 0 Å². The fraction of sp³-hybridized carbons (Fsp3) is 0.875. The van der Waals surface area contributed by atoms with Gasteiger partial charge in [0.05, 0.1) is 12.3 Å². The average molecular weight is 509 g/mol. The zero-order valence-corrected chi connectivity index (χ0v) is 23.8. The summed E-state index contributed by atoms with van der Waals surface area (Å²) in [7, 11) is 0. The fourth-order valence-electron chi connectivity index (χ4n) is 4.91. The highest BCUT2D eigenvalue weighted by Gasteiger charge is 2.17. The standard InChI is InChI=1S/C32H60O4/c1-2-3-4-5-6-7-8-9-10-11-12-13-14-15-16-17-18-19-20-21-22-23-24-25-26-27-28-30(32(35)36)29-31(33)34/h27-28,30H,2-26,29H2,1H3,(H,33,34)(H,35,36)/b28-27+. The van der Waals surface area contributed by atoms with Crippen LogP contribution >= 0.6 is 0 Å². The molecule has 0 amide bonds. The summed E-state index contributed by atoms with van der Waals surface area (Å²) in [5, 5.41) is 17.7. The Morgan fingerprint density at radius 2 is 0.833 bits per heavy atom. The Morgan fingerprint density at radius 3 is 1.11 bits per heavy atom. The smallest absolute Gasteiger partial charge is 0.310 e. The van der Waals surface area contributed by atoms with Gasteiger partial charge in [0.25, 0.3) is 0 Å². The van der Waals surface area contributed by atoms with Crippen LogP contribution in [-0.2, 0) is 9.59 Å². The number of rotatable bonds is 29. The molecular formula is C32H60O4. The van der Waals surface area contributed by atoms with E-state index in [0.717, 1.165) is 12.8 Å². The number of carbonyl (C=O) groups is 2. The van der Waals surface area contributed by atoms with E-state index in [0.29, 0.717) is 0 Å². The highest BCUT2D eigenvalue weighted by molar-refractivity contribution is 5.79.